The molecular formula is C12H19N3OS. The van der Waals surface area contributed by atoms with Gasteiger partial charge < -0.3 is 9.88 Å². The molecule has 0 unspecified atom stereocenters. The summed E-state index contributed by atoms with van der Waals surface area (Å²) in [5, 5.41) is 0. The minimum atomic E-state index is 0.115. The number of piperazine rings is 1. The number of aromatic amines is 1. The van der Waals surface area contributed by atoms with Gasteiger partial charge in [-0.05, 0) is 30.9 Å². The van der Waals surface area contributed by atoms with Crippen LogP contribution in [0.1, 0.15) is 16.9 Å². The first-order valence-electron chi connectivity index (χ1n) is 6.07. The molecule has 0 atom stereocenters. The van der Waals surface area contributed by atoms with Crippen LogP contribution >= 0.6 is 12.6 Å². The molecule has 5 heteroatoms. The lowest BCUT2D eigenvalue weighted by molar-refractivity contribution is 0.0633. The maximum atomic E-state index is 12.0. The van der Waals surface area contributed by atoms with E-state index in [0.29, 0.717) is 5.69 Å². The van der Waals surface area contributed by atoms with Crippen LogP contribution in [-0.2, 0) is 0 Å². The number of hydrogen-bond acceptors (Lipinski definition) is 3. The van der Waals surface area contributed by atoms with Gasteiger partial charge in [0.1, 0.15) is 5.69 Å². The number of thiol groups is 1. The van der Waals surface area contributed by atoms with Crippen molar-refractivity contribution in [3.05, 3.63) is 24.0 Å². The molecule has 1 aliphatic heterocycles. The van der Waals surface area contributed by atoms with Gasteiger partial charge in [-0.1, -0.05) is 0 Å². The summed E-state index contributed by atoms with van der Waals surface area (Å²) in [6, 6.07) is 3.69. The maximum absolute atomic E-state index is 12.0. The van der Waals surface area contributed by atoms with Crippen LogP contribution in [-0.4, -0.2) is 59.2 Å². The van der Waals surface area contributed by atoms with E-state index in [1.807, 2.05) is 17.0 Å². The fourth-order valence-electron chi connectivity index (χ4n) is 2.10. The number of rotatable bonds is 4. The highest BCUT2D eigenvalue weighted by atomic mass is 32.1. The highest BCUT2D eigenvalue weighted by Crippen LogP contribution is 2.07. The van der Waals surface area contributed by atoms with Gasteiger partial charge in [0.25, 0.3) is 5.91 Å². The van der Waals surface area contributed by atoms with E-state index in [-0.39, 0.29) is 5.91 Å². The summed E-state index contributed by atoms with van der Waals surface area (Å²) in [4.78, 5) is 19.3. The molecule has 1 aromatic rings. The molecule has 4 nitrogen and oxygen atoms in total. The number of carbonyl (C=O) groups is 1. The second-order valence-corrected chi connectivity index (χ2v) is 4.74. The Labute approximate surface area is 107 Å². The molecule has 1 aromatic heterocycles. The van der Waals surface area contributed by atoms with Gasteiger partial charge in [0.2, 0.25) is 0 Å². The van der Waals surface area contributed by atoms with Gasteiger partial charge in [-0.15, -0.1) is 0 Å². The van der Waals surface area contributed by atoms with Crippen molar-refractivity contribution in [2.75, 3.05) is 38.5 Å². The van der Waals surface area contributed by atoms with Crippen LogP contribution in [0.4, 0.5) is 0 Å². The van der Waals surface area contributed by atoms with Crippen molar-refractivity contribution in [1.29, 1.82) is 0 Å². The average Bonchev–Trinajstić information content (AvgIpc) is 2.90. The molecule has 1 fully saturated rings. The van der Waals surface area contributed by atoms with Gasteiger partial charge in [-0.25, -0.2) is 0 Å². The van der Waals surface area contributed by atoms with Gasteiger partial charge in [-0.2, -0.15) is 12.6 Å². The summed E-state index contributed by atoms with van der Waals surface area (Å²) >= 11 is 4.22. The summed E-state index contributed by atoms with van der Waals surface area (Å²) in [7, 11) is 0. The first kappa shape index (κ1) is 12.5. The molecule has 17 heavy (non-hydrogen) atoms. The number of aromatic nitrogens is 1. The molecule has 2 heterocycles. The van der Waals surface area contributed by atoms with Crippen LogP contribution in [0.5, 0.6) is 0 Å². The third-order valence-electron chi connectivity index (χ3n) is 3.12. The van der Waals surface area contributed by atoms with Crippen molar-refractivity contribution in [2.45, 2.75) is 6.42 Å². The summed E-state index contributed by atoms with van der Waals surface area (Å²) in [6.45, 7) is 4.68. The van der Waals surface area contributed by atoms with E-state index in [0.717, 1.165) is 44.9 Å². The zero-order valence-corrected chi connectivity index (χ0v) is 10.8. The molecule has 0 spiro atoms. The highest BCUT2D eigenvalue weighted by Gasteiger charge is 2.21. The average molecular weight is 253 g/mol. The molecule has 1 saturated heterocycles. The molecule has 0 radical (unpaired) electrons. The number of amides is 1. The van der Waals surface area contributed by atoms with Gasteiger partial charge in [0.05, 0.1) is 0 Å². The van der Waals surface area contributed by atoms with Crippen LogP contribution in [0.2, 0.25) is 0 Å². The fourth-order valence-corrected chi connectivity index (χ4v) is 2.24. The van der Waals surface area contributed by atoms with Gasteiger partial charge in [0, 0.05) is 32.4 Å². The SMILES string of the molecule is O=C(c1ccc[nH]1)N1CCN(CCCS)CC1. The standard InChI is InChI=1S/C12H19N3OS/c16-12(11-3-1-4-13-11)15-8-6-14(7-9-15)5-2-10-17/h1,3-4,13,17H,2,5-10H2. The van der Waals surface area contributed by atoms with Gasteiger partial charge in [0.15, 0.2) is 0 Å². The minimum Gasteiger partial charge on any atom is -0.357 e. The van der Waals surface area contributed by atoms with E-state index in [2.05, 4.69) is 22.5 Å². The summed E-state index contributed by atoms with van der Waals surface area (Å²) in [6.07, 6.45) is 2.91. The predicted octanol–water partition coefficient (Wildman–Crippen LogP) is 1.09. The first-order valence-corrected chi connectivity index (χ1v) is 6.70. The summed E-state index contributed by atoms with van der Waals surface area (Å²) in [5.74, 6) is 1.05. The zero-order chi connectivity index (χ0) is 12.1. The Morgan fingerprint density at radius 2 is 2.12 bits per heavy atom. The Morgan fingerprint density at radius 3 is 2.71 bits per heavy atom. The van der Waals surface area contributed by atoms with Crippen LogP contribution in [0.3, 0.4) is 0 Å². The first-order chi connectivity index (χ1) is 8.31. The third kappa shape index (κ3) is 3.26. The van der Waals surface area contributed by atoms with E-state index in [4.69, 9.17) is 0 Å². The molecule has 1 N–H and O–H groups in total. The summed E-state index contributed by atoms with van der Waals surface area (Å²) < 4.78 is 0. The maximum Gasteiger partial charge on any atom is 0.270 e. The van der Waals surface area contributed by atoms with E-state index in [1.54, 1.807) is 6.20 Å². The number of H-pyrrole nitrogens is 1. The Bertz CT molecular complexity index is 345. The van der Waals surface area contributed by atoms with Gasteiger partial charge >= 0.3 is 0 Å². The van der Waals surface area contributed by atoms with Crippen LogP contribution < -0.4 is 0 Å². The molecular weight excluding hydrogens is 234 g/mol. The fraction of sp³-hybridized carbons (Fsp3) is 0.583. The van der Waals surface area contributed by atoms with Gasteiger partial charge in [-0.3, -0.25) is 9.69 Å². The van der Waals surface area contributed by atoms with Crippen molar-refractivity contribution < 1.29 is 4.79 Å². The smallest absolute Gasteiger partial charge is 0.270 e. The Balaban J connectivity index is 1.81. The van der Waals surface area contributed by atoms with Crippen molar-refractivity contribution in [2.24, 2.45) is 0 Å². The van der Waals surface area contributed by atoms with E-state index in [1.165, 1.54) is 0 Å². The number of nitrogens with zero attached hydrogens (tertiary/aromatic N) is 2. The second kappa shape index (κ2) is 6.12. The van der Waals surface area contributed by atoms with Crippen molar-refractivity contribution in [3.8, 4) is 0 Å². The molecule has 1 aliphatic rings. The molecule has 94 valence electrons. The van der Waals surface area contributed by atoms with E-state index in [9.17, 15) is 4.79 Å². The Hall–Kier alpha value is -0.940. The quantitative estimate of drug-likeness (QED) is 0.789. The normalized spacial score (nSPS) is 17.4. The zero-order valence-electron chi connectivity index (χ0n) is 9.93. The van der Waals surface area contributed by atoms with Crippen molar-refractivity contribution in [1.82, 2.24) is 14.8 Å². The van der Waals surface area contributed by atoms with Crippen LogP contribution in [0.25, 0.3) is 0 Å². The molecule has 0 aromatic carbocycles. The lowest BCUT2D eigenvalue weighted by Crippen LogP contribution is -2.48. The monoisotopic (exact) mass is 253 g/mol. The molecule has 0 aliphatic carbocycles. The lowest BCUT2D eigenvalue weighted by Gasteiger charge is -2.34. The lowest BCUT2D eigenvalue weighted by atomic mass is 10.2. The summed E-state index contributed by atoms with van der Waals surface area (Å²) in [5.41, 5.74) is 0.689. The topological polar surface area (TPSA) is 39.3 Å². The van der Waals surface area contributed by atoms with Crippen molar-refractivity contribution >= 4 is 18.5 Å². The Kier molecular flexibility index (Phi) is 4.50. The van der Waals surface area contributed by atoms with Crippen LogP contribution in [0.15, 0.2) is 18.3 Å². The molecule has 2 rings (SSSR count). The Morgan fingerprint density at radius 1 is 1.35 bits per heavy atom. The highest BCUT2D eigenvalue weighted by molar-refractivity contribution is 7.80. The second-order valence-electron chi connectivity index (χ2n) is 4.29. The third-order valence-corrected chi connectivity index (χ3v) is 3.44. The predicted molar refractivity (Wildman–Crippen MR) is 71.6 cm³/mol. The molecule has 0 bridgehead atoms. The van der Waals surface area contributed by atoms with Crippen molar-refractivity contribution in [3.63, 3.8) is 0 Å². The van der Waals surface area contributed by atoms with E-state index < -0.39 is 0 Å². The van der Waals surface area contributed by atoms with Crippen LogP contribution in [0, 0.1) is 0 Å². The minimum absolute atomic E-state index is 0.115. The molecule has 1 amide bonds. The van der Waals surface area contributed by atoms with E-state index >= 15 is 0 Å². The number of nitrogens with one attached hydrogen (secondary N) is 1. The number of hydrogen-bond donors (Lipinski definition) is 2. The number of carbonyl (C=O) groups excluding carboxylic acids is 1. The largest absolute Gasteiger partial charge is 0.357 e. The molecule has 0 saturated carbocycles.